The van der Waals surface area contributed by atoms with Gasteiger partial charge in [0.05, 0.1) is 11.0 Å². The van der Waals surface area contributed by atoms with Crippen molar-refractivity contribution >= 4 is 27.4 Å². The van der Waals surface area contributed by atoms with Gasteiger partial charge < -0.3 is 4.57 Å². The number of nitrogens with zero attached hydrogens (tertiary/aromatic N) is 1. The highest BCUT2D eigenvalue weighted by atomic mass is 15.0. The summed E-state index contributed by atoms with van der Waals surface area (Å²) in [5, 5.41) is 2.60. The van der Waals surface area contributed by atoms with E-state index in [0.29, 0.717) is 5.92 Å². The van der Waals surface area contributed by atoms with Crippen molar-refractivity contribution in [1.82, 2.24) is 4.57 Å². The van der Waals surface area contributed by atoms with Crippen molar-refractivity contribution in [2.75, 3.05) is 0 Å². The Morgan fingerprint density at radius 1 is 0.559 bits per heavy atom. The molecule has 0 spiro atoms. The Morgan fingerprint density at radius 3 is 1.97 bits per heavy atom. The van der Waals surface area contributed by atoms with E-state index in [2.05, 4.69) is 187 Å². The Morgan fingerprint density at radius 2 is 1.20 bits per heavy atom. The van der Waals surface area contributed by atoms with Crippen molar-refractivity contribution in [1.29, 1.82) is 0 Å². The van der Waals surface area contributed by atoms with Crippen molar-refractivity contribution in [3.05, 3.63) is 201 Å². The Balaban J connectivity index is 0.000000547. The van der Waals surface area contributed by atoms with Gasteiger partial charge in [-0.15, -0.1) is 0 Å². The first-order valence-electron chi connectivity index (χ1n) is 21.5. The second kappa shape index (κ2) is 14.0. The molecule has 0 saturated heterocycles. The molecule has 290 valence electrons. The van der Waals surface area contributed by atoms with Gasteiger partial charge in [0, 0.05) is 27.8 Å². The van der Waals surface area contributed by atoms with Crippen LogP contribution in [0.3, 0.4) is 0 Å². The van der Waals surface area contributed by atoms with Crippen LogP contribution in [-0.4, -0.2) is 4.57 Å². The summed E-state index contributed by atoms with van der Waals surface area (Å²) in [7, 11) is 0. The molecule has 1 aromatic heterocycles. The zero-order valence-electron chi connectivity index (χ0n) is 35.8. The van der Waals surface area contributed by atoms with Crippen molar-refractivity contribution in [2.45, 2.75) is 79.6 Å². The average Bonchev–Trinajstić information content (AvgIpc) is 3.80. The van der Waals surface area contributed by atoms with E-state index in [-0.39, 0.29) is 5.41 Å². The molecule has 11 rings (SSSR count). The Bertz CT molecular complexity index is 3070. The Hall–Kier alpha value is -6.18. The Kier molecular flexibility index (Phi) is 8.80. The lowest BCUT2D eigenvalue weighted by atomic mass is 9.78. The third-order valence-corrected chi connectivity index (χ3v) is 13.7. The van der Waals surface area contributed by atoms with Gasteiger partial charge in [-0.05, 0) is 162 Å². The van der Waals surface area contributed by atoms with Crippen molar-refractivity contribution < 1.29 is 0 Å². The second-order valence-electron chi connectivity index (χ2n) is 18.0. The lowest BCUT2D eigenvalue weighted by Crippen LogP contribution is -2.18. The minimum Gasteiger partial charge on any atom is -0.309 e. The normalized spacial score (nSPS) is 15.8. The van der Waals surface area contributed by atoms with Crippen LogP contribution in [0.4, 0.5) is 0 Å². The lowest BCUT2D eigenvalue weighted by molar-refractivity contribution is 0.657. The molecule has 1 heterocycles. The maximum atomic E-state index is 2.50. The topological polar surface area (TPSA) is 4.93 Å². The summed E-state index contributed by atoms with van der Waals surface area (Å²) in [6, 6.07) is 50.1. The molecule has 0 bridgehead atoms. The summed E-state index contributed by atoms with van der Waals surface area (Å²) in [6.07, 6.45) is 7.14. The van der Waals surface area contributed by atoms with Gasteiger partial charge in [0.25, 0.3) is 0 Å². The highest BCUT2D eigenvalue weighted by molar-refractivity contribution is 6.11. The predicted molar refractivity (Wildman–Crippen MR) is 253 cm³/mol. The molecule has 7 aromatic carbocycles. The van der Waals surface area contributed by atoms with Crippen LogP contribution in [0, 0.1) is 34.6 Å². The fourth-order valence-corrected chi connectivity index (χ4v) is 10.5. The maximum Gasteiger partial charge on any atom is 0.0541 e. The molecular weight excluding hydrogens is 711 g/mol. The summed E-state index contributed by atoms with van der Waals surface area (Å²) in [6.45, 7) is 18.2. The summed E-state index contributed by atoms with van der Waals surface area (Å²) in [4.78, 5) is 0. The van der Waals surface area contributed by atoms with Gasteiger partial charge in [0.2, 0.25) is 0 Å². The van der Waals surface area contributed by atoms with Crippen LogP contribution in [0.5, 0.6) is 0 Å². The van der Waals surface area contributed by atoms with Gasteiger partial charge in [0.15, 0.2) is 0 Å². The van der Waals surface area contributed by atoms with E-state index in [1.54, 1.807) is 5.57 Å². The smallest absolute Gasteiger partial charge is 0.0541 e. The molecule has 0 N–H and O–H groups in total. The number of hydrogen-bond acceptors (Lipinski definition) is 0. The first-order valence-corrected chi connectivity index (χ1v) is 21.5. The van der Waals surface area contributed by atoms with E-state index in [0.717, 1.165) is 6.42 Å². The van der Waals surface area contributed by atoms with Crippen molar-refractivity contribution in [3.63, 3.8) is 0 Å². The quantitative estimate of drug-likeness (QED) is 0.169. The van der Waals surface area contributed by atoms with Crippen LogP contribution in [0.15, 0.2) is 151 Å². The molecule has 1 unspecified atom stereocenters. The zero-order chi connectivity index (χ0) is 40.7. The van der Waals surface area contributed by atoms with E-state index in [1.807, 2.05) is 18.2 Å². The molecule has 0 saturated carbocycles. The molecule has 1 heteroatoms. The van der Waals surface area contributed by atoms with Crippen LogP contribution in [0.1, 0.15) is 89.6 Å². The lowest BCUT2D eigenvalue weighted by Gasteiger charge is -2.26. The standard InChI is InChI=1S/C51H45N.C7H8/c1-29-12-14-31(3)42(24-29)43-26-34(16-15-32(43)4)35-17-23-48-45(27-35)44-25-30(2)13-22-47(44)52(48)36-18-19-39-41-21-20-38-33(5)37-10-8-9-11-40(37)49(38)50(41)51(6,7)46(39)28-36;1-7-5-3-2-4-6-7/h9,11-28,33H,8,10H2,1-7H3;2-6H,1H3. The van der Waals surface area contributed by atoms with E-state index in [4.69, 9.17) is 0 Å². The molecule has 3 aliphatic rings. The third-order valence-electron chi connectivity index (χ3n) is 13.7. The summed E-state index contributed by atoms with van der Waals surface area (Å²) < 4.78 is 2.50. The van der Waals surface area contributed by atoms with Crippen LogP contribution < -0.4 is 0 Å². The SMILES string of the molecule is Cc1ccc(C)c(-c2cc(-c3ccc4c(c3)c3cc(C)ccc3n4-c3ccc4c(c3)C(C)(C)c3c-4ccc4c3C3=C(CCC=C3)C4C)ccc2C)c1.Cc1ccccc1. The minimum absolute atomic E-state index is 0.110. The molecule has 8 aromatic rings. The van der Waals surface area contributed by atoms with Gasteiger partial charge in [-0.25, -0.2) is 0 Å². The molecule has 1 atom stereocenters. The summed E-state index contributed by atoms with van der Waals surface area (Å²) in [5.74, 6) is 0.499. The number of rotatable bonds is 3. The molecule has 0 amide bonds. The van der Waals surface area contributed by atoms with Gasteiger partial charge in [-0.3, -0.25) is 0 Å². The molecule has 3 aliphatic carbocycles. The van der Waals surface area contributed by atoms with Crippen LogP contribution in [0.2, 0.25) is 0 Å². The van der Waals surface area contributed by atoms with Gasteiger partial charge in [0.1, 0.15) is 0 Å². The summed E-state index contributed by atoms with van der Waals surface area (Å²) >= 11 is 0. The predicted octanol–water partition coefficient (Wildman–Crippen LogP) is 15.9. The van der Waals surface area contributed by atoms with Crippen molar-refractivity contribution in [3.8, 4) is 39.1 Å². The number of aromatic nitrogens is 1. The molecule has 0 radical (unpaired) electrons. The van der Waals surface area contributed by atoms with Crippen LogP contribution in [0.25, 0.3) is 66.4 Å². The molecular formula is C58H53N. The van der Waals surface area contributed by atoms with E-state index < -0.39 is 0 Å². The highest BCUT2D eigenvalue weighted by Crippen LogP contribution is 2.57. The van der Waals surface area contributed by atoms with Crippen LogP contribution in [-0.2, 0) is 5.41 Å². The minimum atomic E-state index is -0.110. The number of fused-ring (bicyclic) bond motifs is 9. The number of allylic oxidation sites excluding steroid dienone is 4. The first-order chi connectivity index (χ1) is 28.5. The average molecular weight is 764 g/mol. The van der Waals surface area contributed by atoms with E-state index in [9.17, 15) is 0 Å². The molecule has 1 nitrogen and oxygen atoms in total. The number of benzene rings is 7. The van der Waals surface area contributed by atoms with Crippen molar-refractivity contribution in [2.24, 2.45) is 0 Å². The highest BCUT2D eigenvalue weighted by Gasteiger charge is 2.42. The fraction of sp³-hybridized carbons (Fsp3) is 0.207. The monoisotopic (exact) mass is 763 g/mol. The van der Waals surface area contributed by atoms with Gasteiger partial charge in [-0.1, -0.05) is 146 Å². The summed E-state index contributed by atoms with van der Waals surface area (Å²) in [5.41, 5.74) is 27.1. The molecule has 59 heavy (non-hydrogen) atoms. The van der Waals surface area contributed by atoms with E-state index >= 15 is 0 Å². The molecule has 0 fully saturated rings. The number of hydrogen-bond donors (Lipinski definition) is 0. The largest absolute Gasteiger partial charge is 0.309 e. The van der Waals surface area contributed by atoms with Gasteiger partial charge >= 0.3 is 0 Å². The van der Waals surface area contributed by atoms with Crippen LogP contribution >= 0.6 is 0 Å². The zero-order valence-corrected chi connectivity index (χ0v) is 35.8. The molecule has 0 aliphatic heterocycles. The first kappa shape index (κ1) is 37.1. The second-order valence-corrected chi connectivity index (χ2v) is 18.0. The van der Waals surface area contributed by atoms with E-state index in [1.165, 1.54) is 123 Å². The third kappa shape index (κ3) is 5.97. The maximum absolute atomic E-state index is 2.50. The Labute approximate surface area is 350 Å². The van der Waals surface area contributed by atoms with Gasteiger partial charge in [-0.2, -0.15) is 0 Å². The fourth-order valence-electron chi connectivity index (χ4n) is 10.5. The number of aryl methyl sites for hydroxylation is 5.